The van der Waals surface area contributed by atoms with Crippen LogP contribution < -0.4 is 9.31 Å². The van der Waals surface area contributed by atoms with Crippen LogP contribution in [0.25, 0.3) is 0 Å². The lowest BCUT2D eigenvalue weighted by Crippen LogP contribution is -2.45. The Morgan fingerprint density at radius 3 is 2.28 bits per heavy atom. The summed E-state index contributed by atoms with van der Waals surface area (Å²) >= 11 is 0. The second kappa shape index (κ2) is 6.52. The molecule has 1 aromatic carbocycles. The first-order valence-electron chi connectivity index (χ1n) is 7.55. The Labute approximate surface area is 146 Å². The van der Waals surface area contributed by atoms with Crippen LogP contribution in [0.4, 0.5) is 16.2 Å². The third kappa shape index (κ3) is 4.40. The van der Waals surface area contributed by atoms with E-state index in [2.05, 4.69) is 0 Å². The fourth-order valence-corrected chi connectivity index (χ4v) is 2.64. The first-order chi connectivity index (χ1) is 11.4. The van der Waals surface area contributed by atoms with Crippen LogP contribution in [0.3, 0.4) is 0 Å². The van der Waals surface area contributed by atoms with E-state index in [0.717, 1.165) is 0 Å². The van der Waals surface area contributed by atoms with Crippen LogP contribution in [0.1, 0.15) is 27.2 Å². The van der Waals surface area contributed by atoms with E-state index >= 15 is 0 Å². The number of rotatable bonds is 3. The molecule has 0 aromatic heterocycles. The Bertz CT molecular complexity index is 769. The predicted octanol–water partition coefficient (Wildman–Crippen LogP) is 1.81. The number of hydrogen-bond acceptors (Lipinski definition) is 5. The second-order valence-corrected chi connectivity index (χ2v) is 7.96. The van der Waals surface area contributed by atoms with E-state index in [0.29, 0.717) is 9.99 Å². The third-order valence-corrected chi connectivity index (χ3v) is 4.33. The third-order valence-electron chi connectivity index (χ3n) is 3.42. The number of nitrogens with zero attached hydrogens (tertiary/aromatic N) is 3. The van der Waals surface area contributed by atoms with E-state index in [9.17, 15) is 18.0 Å². The van der Waals surface area contributed by atoms with E-state index < -0.39 is 22.0 Å². The molecule has 0 aliphatic carbocycles. The predicted molar refractivity (Wildman–Crippen MR) is 91.4 cm³/mol. The zero-order chi connectivity index (χ0) is 19.0. The van der Waals surface area contributed by atoms with E-state index in [1.54, 1.807) is 20.8 Å². The molecule has 0 radical (unpaired) electrons. The van der Waals surface area contributed by atoms with Crippen LogP contribution in [0, 0.1) is 0 Å². The highest BCUT2D eigenvalue weighted by atomic mass is 32.2. The lowest BCUT2D eigenvalue weighted by molar-refractivity contribution is -0.118. The maximum absolute atomic E-state index is 12.3. The number of anilines is 2. The molecule has 9 nitrogen and oxygen atoms in total. The van der Waals surface area contributed by atoms with Crippen LogP contribution in [0.5, 0.6) is 0 Å². The molecule has 0 spiro atoms. The van der Waals surface area contributed by atoms with E-state index in [-0.39, 0.29) is 24.6 Å². The minimum absolute atomic E-state index is 0.159. The molecular formula is C15H21N3O6S. The normalized spacial score (nSPS) is 15.5. The summed E-state index contributed by atoms with van der Waals surface area (Å²) in [6.07, 6.45) is -0.483. The number of ether oxygens (including phenoxy) is 1. The maximum atomic E-state index is 12.3. The summed E-state index contributed by atoms with van der Waals surface area (Å²) in [7, 11) is -3.18. The topological polar surface area (TPSA) is 107 Å². The summed E-state index contributed by atoms with van der Waals surface area (Å²) in [5, 5.41) is 2.40. The van der Waals surface area contributed by atoms with Crippen molar-refractivity contribution in [3.8, 4) is 0 Å². The monoisotopic (exact) mass is 371 g/mol. The van der Waals surface area contributed by atoms with Crippen molar-refractivity contribution in [1.29, 1.82) is 0 Å². The van der Waals surface area contributed by atoms with Gasteiger partial charge in [0.15, 0.2) is 0 Å². The van der Waals surface area contributed by atoms with Crippen molar-refractivity contribution in [3.63, 3.8) is 0 Å². The number of hydrogen-bond donors (Lipinski definition) is 1. The minimum atomic E-state index is -4.37. The molecule has 1 aromatic rings. The van der Waals surface area contributed by atoms with Crippen molar-refractivity contribution < 1.29 is 27.3 Å². The van der Waals surface area contributed by atoms with Gasteiger partial charge in [-0.25, -0.2) is 14.8 Å². The smallest absolute Gasteiger partial charge is 0.429 e. The van der Waals surface area contributed by atoms with Crippen LogP contribution in [0.15, 0.2) is 24.3 Å². The quantitative estimate of drug-likeness (QED) is 0.812. The molecule has 1 heterocycles. The maximum Gasteiger partial charge on any atom is 0.429 e. The van der Waals surface area contributed by atoms with Gasteiger partial charge in [0.25, 0.3) is 0 Å². The van der Waals surface area contributed by atoms with Gasteiger partial charge < -0.3 is 4.74 Å². The summed E-state index contributed by atoms with van der Waals surface area (Å²) in [6.45, 7) is 5.38. The van der Waals surface area contributed by atoms with Gasteiger partial charge in [-0.1, -0.05) is 0 Å². The van der Waals surface area contributed by atoms with Gasteiger partial charge in [-0.15, -0.1) is 0 Å². The number of amides is 2. The van der Waals surface area contributed by atoms with Gasteiger partial charge in [-0.05, 0) is 45.0 Å². The molecule has 0 saturated carbocycles. The lowest BCUT2D eigenvalue weighted by Gasteiger charge is -2.30. The highest BCUT2D eigenvalue weighted by Gasteiger charge is 2.36. The van der Waals surface area contributed by atoms with E-state index in [4.69, 9.17) is 9.29 Å². The van der Waals surface area contributed by atoms with Crippen LogP contribution in [-0.4, -0.2) is 49.2 Å². The average molecular weight is 371 g/mol. The molecule has 1 saturated heterocycles. The molecule has 0 bridgehead atoms. The second-order valence-electron chi connectivity index (χ2n) is 6.52. The molecule has 1 aliphatic heterocycles. The first kappa shape index (κ1) is 19.0. The number of benzene rings is 1. The molecule has 10 heteroatoms. The first-order valence-corrected chi connectivity index (χ1v) is 8.94. The zero-order valence-electron chi connectivity index (χ0n) is 14.5. The van der Waals surface area contributed by atoms with Gasteiger partial charge in [-0.2, -0.15) is 8.42 Å². The average Bonchev–Trinajstić information content (AvgIpc) is 2.86. The van der Waals surface area contributed by atoms with Crippen LogP contribution >= 0.6 is 0 Å². The summed E-state index contributed by atoms with van der Waals surface area (Å²) in [5.41, 5.74) is -0.0984. The van der Waals surface area contributed by atoms with Gasteiger partial charge in [-0.3, -0.25) is 13.7 Å². The van der Waals surface area contributed by atoms with Crippen molar-refractivity contribution in [1.82, 2.24) is 5.01 Å². The van der Waals surface area contributed by atoms with Gasteiger partial charge in [0.2, 0.25) is 5.91 Å². The van der Waals surface area contributed by atoms with Crippen molar-refractivity contribution >= 4 is 33.7 Å². The highest BCUT2D eigenvalue weighted by molar-refractivity contribution is 7.87. The molecule has 25 heavy (non-hydrogen) atoms. The van der Waals surface area contributed by atoms with Crippen molar-refractivity contribution in [2.75, 3.05) is 22.9 Å². The lowest BCUT2D eigenvalue weighted by atomic mass is 10.2. The SMILES string of the molecule is CN(c1ccc(N2C(=O)CCN2C(=O)OC(C)(C)C)cc1)S(=O)(=O)O. The Morgan fingerprint density at radius 2 is 1.80 bits per heavy atom. The fraction of sp³-hybridized carbons (Fsp3) is 0.467. The van der Waals surface area contributed by atoms with E-state index in [1.165, 1.54) is 41.3 Å². The Morgan fingerprint density at radius 1 is 1.24 bits per heavy atom. The number of carbonyl (C=O) groups excluding carboxylic acids is 2. The van der Waals surface area contributed by atoms with Crippen molar-refractivity contribution in [2.24, 2.45) is 0 Å². The molecule has 2 rings (SSSR count). The van der Waals surface area contributed by atoms with Crippen molar-refractivity contribution in [3.05, 3.63) is 24.3 Å². The zero-order valence-corrected chi connectivity index (χ0v) is 15.3. The summed E-state index contributed by atoms with van der Waals surface area (Å²) in [6, 6.07) is 5.80. The minimum Gasteiger partial charge on any atom is -0.442 e. The summed E-state index contributed by atoms with van der Waals surface area (Å²) in [4.78, 5) is 24.4. The number of carbonyl (C=O) groups is 2. The Hall–Kier alpha value is -2.33. The highest BCUT2D eigenvalue weighted by Crippen LogP contribution is 2.27. The van der Waals surface area contributed by atoms with Crippen LogP contribution in [-0.2, 0) is 19.8 Å². The van der Waals surface area contributed by atoms with Crippen molar-refractivity contribution in [2.45, 2.75) is 32.8 Å². The fourth-order valence-electron chi connectivity index (χ4n) is 2.25. The number of hydrazine groups is 1. The van der Waals surface area contributed by atoms with Gasteiger partial charge >= 0.3 is 16.4 Å². The molecule has 0 atom stereocenters. The molecule has 1 aliphatic rings. The molecule has 0 unspecified atom stereocenters. The molecule has 1 N–H and O–H groups in total. The standard InChI is InChI=1S/C15H21N3O6S/c1-15(2,3)24-14(20)17-10-9-13(19)18(17)12-7-5-11(6-8-12)16(4)25(21,22)23/h5-8H,9-10H2,1-4H3,(H,21,22,23). The van der Waals surface area contributed by atoms with Gasteiger partial charge in [0.05, 0.1) is 17.9 Å². The summed E-state index contributed by atoms with van der Waals surface area (Å²) in [5.74, 6) is -0.276. The van der Waals surface area contributed by atoms with Gasteiger partial charge in [0, 0.05) is 13.5 Å². The molecular weight excluding hydrogens is 350 g/mol. The van der Waals surface area contributed by atoms with E-state index in [1.807, 2.05) is 0 Å². The van der Waals surface area contributed by atoms with Crippen LogP contribution in [0.2, 0.25) is 0 Å². The molecule has 2 amide bonds. The Kier molecular flexibility index (Phi) is 4.96. The molecule has 1 fully saturated rings. The molecule has 138 valence electrons. The Balaban J connectivity index is 2.26. The van der Waals surface area contributed by atoms with Gasteiger partial charge in [0.1, 0.15) is 5.60 Å². The summed E-state index contributed by atoms with van der Waals surface area (Å²) < 4.78 is 37.3. The largest absolute Gasteiger partial charge is 0.442 e.